The van der Waals surface area contributed by atoms with Gasteiger partial charge in [-0.25, -0.2) is 0 Å². The molecule has 0 saturated heterocycles. The lowest BCUT2D eigenvalue weighted by Crippen LogP contribution is -1.92. The van der Waals surface area contributed by atoms with Crippen molar-refractivity contribution in [2.24, 2.45) is 0 Å². The summed E-state index contributed by atoms with van der Waals surface area (Å²) < 4.78 is 1.07. The highest BCUT2D eigenvalue weighted by molar-refractivity contribution is 9.10. The fourth-order valence-electron chi connectivity index (χ4n) is 1.44. The van der Waals surface area contributed by atoms with E-state index >= 15 is 0 Å². The SMILES string of the molecule is O=C1Cc2cccc(Br)c2C1. The highest BCUT2D eigenvalue weighted by Gasteiger charge is 2.19. The summed E-state index contributed by atoms with van der Waals surface area (Å²) in [5, 5.41) is 0. The van der Waals surface area contributed by atoms with Crippen LogP contribution in [0.1, 0.15) is 11.1 Å². The molecule has 2 heteroatoms. The minimum absolute atomic E-state index is 0.326. The summed E-state index contributed by atoms with van der Waals surface area (Å²) in [6.45, 7) is 0. The van der Waals surface area contributed by atoms with E-state index in [1.807, 2.05) is 18.2 Å². The molecule has 0 fully saturated rings. The molecule has 0 heterocycles. The Morgan fingerprint density at radius 1 is 1.27 bits per heavy atom. The van der Waals surface area contributed by atoms with E-state index in [1.165, 1.54) is 11.1 Å². The van der Waals surface area contributed by atoms with Gasteiger partial charge in [-0.2, -0.15) is 0 Å². The molecule has 0 saturated carbocycles. The number of halogens is 1. The predicted molar refractivity (Wildman–Crippen MR) is 46.6 cm³/mol. The number of hydrogen-bond donors (Lipinski definition) is 0. The van der Waals surface area contributed by atoms with Crippen molar-refractivity contribution in [1.29, 1.82) is 0 Å². The third kappa shape index (κ3) is 1.11. The lowest BCUT2D eigenvalue weighted by molar-refractivity contribution is -0.117. The quantitative estimate of drug-likeness (QED) is 0.642. The Morgan fingerprint density at radius 3 is 2.82 bits per heavy atom. The van der Waals surface area contributed by atoms with E-state index in [2.05, 4.69) is 15.9 Å². The van der Waals surface area contributed by atoms with Gasteiger partial charge < -0.3 is 0 Å². The molecule has 0 N–H and O–H groups in total. The average molecular weight is 211 g/mol. The zero-order chi connectivity index (χ0) is 7.84. The molecule has 56 valence electrons. The molecule has 1 aromatic carbocycles. The Kier molecular flexibility index (Phi) is 1.57. The first-order valence-electron chi connectivity index (χ1n) is 3.55. The largest absolute Gasteiger partial charge is 0.299 e. The monoisotopic (exact) mass is 210 g/mol. The van der Waals surface area contributed by atoms with Crippen molar-refractivity contribution >= 4 is 21.7 Å². The maximum Gasteiger partial charge on any atom is 0.141 e. The van der Waals surface area contributed by atoms with Crippen LogP contribution in [0.3, 0.4) is 0 Å². The number of fused-ring (bicyclic) bond motifs is 1. The number of ketones is 1. The summed E-state index contributed by atoms with van der Waals surface area (Å²) >= 11 is 3.42. The predicted octanol–water partition coefficient (Wildman–Crippen LogP) is 2.12. The van der Waals surface area contributed by atoms with Crippen molar-refractivity contribution in [1.82, 2.24) is 0 Å². The molecular formula is C9H7BrO. The molecule has 0 aliphatic heterocycles. The summed E-state index contributed by atoms with van der Waals surface area (Å²) in [7, 11) is 0. The van der Waals surface area contributed by atoms with Gasteiger partial charge in [0.2, 0.25) is 0 Å². The van der Waals surface area contributed by atoms with E-state index in [1.54, 1.807) is 0 Å². The maximum atomic E-state index is 11.0. The van der Waals surface area contributed by atoms with E-state index in [4.69, 9.17) is 0 Å². The lowest BCUT2D eigenvalue weighted by atomic mass is 10.1. The zero-order valence-corrected chi connectivity index (χ0v) is 7.52. The van der Waals surface area contributed by atoms with Gasteiger partial charge in [-0.15, -0.1) is 0 Å². The molecule has 1 aromatic rings. The molecule has 1 aliphatic rings. The first-order chi connectivity index (χ1) is 5.27. The van der Waals surface area contributed by atoms with Crippen LogP contribution in [0.2, 0.25) is 0 Å². The van der Waals surface area contributed by atoms with Crippen LogP contribution < -0.4 is 0 Å². The van der Waals surface area contributed by atoms with Crippen LogP contribution in [0.5, 0.6) is 0 Å². The molecule has 0 atom stereocenters. The standard InChI is InChI=1S/C9H7BrO/c10-9-3-1-2-6-4-7(11)5-8(6)9/h1-3H,4-5H2. The summed E-state index contributed by atoms with van der Waals surface area (Å²) in [6, 6.07) is 5.98. The van der Waals surface area contributed by atoms with Crippen molar-refractivity contribution in [2.75, 3.05) is 0 Å². The van der Waals surface area contributed by atoms with Crippen molar-refractivity contribution in [3.05, 3.63) is 33.8 Å². The first-order valence-corrected chi connectivity index (χ1v) is 4.34. The van der Waals surface area contributed by atoms with Gasteiger partial charge in [0.15, 0.2) is 0 Å². The highest BCUT2D eigenvalue weighted by Crippen LogP contribution is 2.26. The van der Waals surface area contributed by atoms with Crippen LogP contribution in [0.15, 0.2) is 22.7 Å². The third-order valence-electron chi connectivity index (χ3n) is 1.98. The normalized spacial score (nSPS) is 15.2. The van der Waals surface area contributed by atoms with Crippen molar-refractivity contribution in [3.8, 4) is 0 Å². The minimum atomic E-state index is 0.326. The van der Waals surface area contributed by atoms with Gasteiger partial charge >= 0.3 is 0 Å². The third-order valence-corrected chi connectivity index (χ3v) is 2.72. The Balaban J connectivity index is 2.57. The number of Topliss-reactive ketones (excluding diaryl/α,β-unsaturated/α-hetero) is 1. The van der Waals surface area contributed by atoms with Gasteiger partial charge in [-0.1, -0.05) is 28.1 Å². The molecular weight excluding hydrogens is 204 g/mol. The van der Waals surface area contributed by atoms with Crippen LogP contribution in [0, 0.1) is 0 Å². The first kappa shape index (κ1) is 7.04. The number of carbonyl (C=O) groups is 1. The molecule has 0 bridgehead atoms. The molecule has 1 nitrogen and oxygen atoms in total. The van der Waals surface area contributed by atoms with Gasteiger partial charge in [-0.3, -0.25) is 4.79 Å². The molecule has 2 rings (SSSR count). The fraction of sp³-hybridized carbons (Fsp3) is 0.222. The van der Waals surface area contributed by atoms with Crippen LogP contribution in [-0.4, -0.2) is 5.78 Å². The Labute approximate surface area is 73.5 Å². The number of carbonyl (C=O) groups excluding carboxylic acids is 1. The van der Waals surface area contributed by atoms with Crippen LogP contribution in [0.25, 0.3) is 0 Å². The molecule has 0 radical (unpaired) electrons. The smallest absolute Gasteiger partial charge is 0.141 e. The summed E-state index contributed by atoms with van der Waals surface area (Å²) in [5.41, 5.74) is 2.36. The second-order valence-electron chi connectivity index (χ2n) is 2.77. The van der Waals surface area contributed by atoms with Gasteiger partial charge in [-0.05, 0) is 17.2 Å². The molecule has 1 aliphatic carbocycles. The maximum absolute atomic E-state index is 11.0. The Bertz CT molecular complexity index is 317. The Hall–Kier alpha value is -0.630. The van der Waals surface area contributed by atoms with Gasteiger partial charge in [0.1, 0.15) is 5.78 Å². The van der Waals surface area contributed by atoms with E-state index < -0.39 is 0 Å². The minimum Gasteiger partial charge on any atom is -0.299 e. The Morgan fingerprint density at radius 2 is 2.09 bits per heavy atom. The molecule has 0 spiro atoms. The highest BCUT2D eigenvalue weighted by atomic mass is 79.9. The van der Waals surface area contributed by atoms with E-state index in [9.17, 15) is 4.79 Å². The summed E-state index contributed by atoms with van der Waals surface area (Å²) in [6.07, 6.45) is 1.23. The van der Waals surface area contributed by atoms with Crippen LogP contribution >= 0.6 is 15.9 Å². The zero-order valence-electron chi connectivity index (χ0n) is 5.93. The van der Waals surface area contributed by atoms with Gasteiger partial charge in [0.05, 0.1) is 0 Å². The van der Waals surface area contributed by atoms with Crippen LogP contribution in [0.4, 0.5) is 0 Å². The topological polar surface area (TPSA) is 17.1 Å². The second-order valence-corrected chi connectivity index (χ2v) is 3.62. The van der Waals surface area contributed by atoms with E-state index in [0.29, 0.717) is 18.6 Å². The summed E-state index contributed by atoms with van der Waals surface area (Å²) in [4.78, 5) is 11.0. The second kappa shape index (κ2) is 2.45. The van der Waals surface area contributed by atoms with Crippen molar-refractivity contribution in [3.63, 3.8) is 0 Å². The van der Waals surface area contributed by atoms with Crippen LogP contribution in [-0.2, 0) is 17.6 Å². The molecule has 11 heavy (non-hydrogen) atoms. The van der Waals surface area contributed by atoms with Crippen molar-refractivity contribution in [2.45, 2.75) is 12.8 Å². The molecule has 0 amide bonds. The average Bonchev–Trinajstić information content (AvgIpc) is 2.31. The van der Waals surface area contributed by atoms with E-state index in [0.717, 1.165) is 4.47 Å². The number of benzene rings is 1. The van der Waals surface area contributed by atoms with Crippen molar-refractivity contribution < 1.29 is 4.79 Å². The summed E-state index contributed by atoms with van der Waals surface area (Å²) in [5.74, 6) is 0.326. The van der Waals surface area contributed by atoms with E-state index in [-0.39, 0.29) is 0 Å². The number of rotatable bonds is 0. The molecule has 0 unspecified atom stereocenters. The van der Waals surface area contributed by atoms with Gasteiger partial charge in [0, 0.05) is 17.3 Å². The fourth-order valence-corrected chi connectivity index (χ4v) is 1.99. The number of hydrogen-bond acceptors (Lipinski definition) is 1. The lowest BCUT2D eigenvalue weighted by Gasteiger charge is -1.98. The molecule has 0 aromatic heterocycles. The van der Waals surface area contributed by atoms with Gasteiger partial charge in [0.25, 0.3) is 0 Å².